The summed E-state index contributed by atoms with van der Waals surface area (Å²) in [7, 11) is 0. The molecule has 2 unspecified atom stereocenters. The minimum Gasteiger partial charge on any atom is -0.360 e. The second-order valence-corrected chi connectivity index (χ2v) is 9.44. The number of aromatic nitrogens is 2. The van der Waals surface area contributed by atoms with E-state index in [9.17, 15) is 0 Å². The molecule has 3 aliphatic rings. The van der Waals surface area contributed by atoms with Gasteiger partial charge in [0.05, 0.1) is 0 Å². The van der Waals surface area contributed by atoms with E-state index in [-0.39, 0.29) is 0 Å². The van der Waals surface area contributed by atoms with Crippen LogP contribution in [-0.4, -0.2) is 47.3 Å². The standard InChI is InChI=1S/C21H34N6S/c1-15-11-16(2)14-27(13-15)19-12-18(26-9-5-6-10-26)23-20(24-19)25-21(28)22-17-7-3-4-8-17/h12,15-17H,3-11,13-14H2,1-2H3,(H2,22,23,24,25,28). The lowest BCUT2D eigenvalue weighted by atomic mass is 9.92. The molecule has 2 atom stereocenters. The van der Waals surface area contributed by atoms with Gasteiger partial charge in [-0.25, -0.2) is 0 Å². The SMILES string of the molecule is CC1CC(C)CN(c2cc(N3CCCC3)nc(NC(=S)NC3CCCC3)n2)C1. The Morgan fingerprint density at radius 3 is 2.21 bits per heavy atom. The highest BCUT2D eigenvalue weighted by Crippen LogP contribution is 2.29. The van der Waals surface area contributed by atoms with Gasteiger partial charge in [-0.1, -0.05) is 26.7 Å². The molecule has 0 spiro atoms. The van der Waals surface area contributed by atoms with E-state index in [1.165, 1.54) is 44.9 Å². The Bertz CT molecular complexity index is 673. The first kappa shape index (κ1) is 19.7. The van der Waals surface area contributed by atoms with Crippen molar-refractivity contribution in [3.8, 4) is 0 Å². The molecule has 2 N–H and O–H groups in total. The molecular formula is C21H34N6S. The minimum absolute atomic E-state index is 0.491. The van der Waals surface area contributed by atoms with Gasteiger partial charge in [-0.15, -0.1) is 0 Å². The van der Waals surface area contributed by atoms with Gasteiger partial charge in [-0.3, -0.25) is 0 Å². The number of rotatable bonds is 4. The lowest BCUT2D eigenvalue weighted by molar-refractivity contribution is 0.355. The summed E-state index contributed by atoms with van der Waals surface area (Å²) in [6, 6.07) is 2.67. The molecule has 1 saturated carbocycles. The van der Waals surface area contributed by atoms with E-state index in [1.807, 2.05) is 0 Å². The Kier molecular flexibility index (Phi) is 6.19. The third kappa shape index (κ3) is 4.85. The van der Waals surface area contributed by atoms with Gasteiger partial charge < -0.3 is 20.4 Å². The molecule has 2 aliphatic heterocycles. The normalized spacial score (nSPS) is 25.9. The van der Waals surface area contributed by atoms with Gasteiger partial charge in [0.1, 0.15) is 11.6 Å². The first-order valence-electron chi connectivity index (χ1n) is 11.0. The Labute approximate surface area is 174 Å². The van der Waals surface area contributed by atoms with Crippen molar-refractivity contribution < 1.29 is 0 Å². The van der Waals surface area contributed by atoms with E-state index in [4.69, 9.17) is 22.2 Å². The maximum Gasteiger partial charge on any atom is 0.232 e. The van der Waals surface area contributed by atoms with Crippen LogP contribution >= 0.6 is 12.2 Å². The highest BCUT2D eigenvalue weighted by atomic mass is 32.1. The zero-order chi connectivity index (χ0) is 19.5. The number of hydrogen-bond acceptors (Lipinski definition) is 5. The fourth-order valence-corrected chi connectivity index (χ4v) is 5.25. The Morgan fingerprint density at radius 2 is 1.57 bits per heavy atom. The average Bonchev–Trinajstić information content (AvgIpc) is 3.34. The molecule has 28 heavy (non-hydrogen) atoms. The molecule has 3 heterocycles. The molecule has 1 aromatic heterocycles. The van der Waals surface area contributed by atoms with Crippen molar-refractivity contribution in [1.82, 2.24) is 15.3 Å². The van der Waals surface area contributed by atoms with E-state index in [0.29, 0.717) is 28.9 Å². The number of anilines is 3. The Balaban J connectivity index is 1.54. The highest BCUT2D eigenvalue weighted by Gasteiger charge is 2.25. The number of nitrogens with one attached hydrogen (secondary N) is 2. The average molecular weight is 403 g/mol. The van der Waals surface area contributed by atoms with Crippen molar-refractivity contribution in [2.24, 2.45) is 11.8 Å². The third-order valence-corrected chi connectivity index (χ3v) is 6.46. The van der Waals surface area contributed by atoms with Crippen LogP contribution in [0.2, 0.25) is 0 Å². The van der Waals surface area contributed by atoms with Crippen LogP contribution in [0.15, 0.2) is 6.07 Å². The third-order valence-electron chi connectivity index (χ3n) is 6.24. The fourth-order valence-electron chi connectivity index (χ4n) is 4.99. The lowest BCUT2D eigenvalue weighted by Gasteiger charge is -2.36. The molecular weight excluding hydrogens is 368 g/mol. The summed E-state index contributed by atoms with van der Waals surface area (Å²) in [6.07, 6.45) is 8.74. The lowest BCUT2D eigenvalue weighted by Crippen LogP contribution is -2.40. The summed E-state index contributed by atoms with van der Waals surface area (Å²) in [5, 5.41) is 7.37. The van der Waals surface area contributed by atoms with Gasteiger partial charge in [0.25, 0.3) is 0 Å². The van der Waals surface area contributed by atoms with Crippen molar-refractivity contribution in [3.63, 3.8) is 0 Å². The van der Waals surface area contributed by atoms with Crippen LogP contribution in [0.25, 0.3) is 0 Å². The molecule has 4 rings (SSSR count). The molecule has 3 fully saturated rings. The van der Waals surface area contributed by atoms with E-state index in [1.54, 1.807) is 0 Å². The predicted octanol–water partition coefficient (Wildman–Crippen LogP) is 3.79. The zero-order valence-electron chi connectivity index (χ0n) is 17.3. The van der Waals surface area contributed by atoms with Crippen LogP contribution in [0.1, 0.15) is 58.8 Å². The van der Waals surface area contributed by atoms with Crippen molar-refractivity contribution >= 4 is 34.9 Å². The van der Waals surface area contributed by atoms with E-state index in [2.05, 4.69) is 40.3 Å². The number of nitrogens with zero attached hydrogens (tertiary/aromatic N) is 4. The van der Waals surface area contributed by atoms with Crippen LogP contribution in [0, 0.1) is 11.8 Å². The monoisotopic (exact) mass is 402 g/mol. The van der Waals surface area contributed by atoms with Gasteiger partial charge in [0.15, 0.2) is 5.11 Å². The molecule has 154 valence electrons. The second kappa shape index (κ2) is 8.80. The van der Waals surface area contributed by atoms with Crippen LogP contribution in [0.4, 0.5) is 17.6 Å². The second-order valence-electron chi connectivity index (χ2n) is 9.03. The maximum atomic E-state index is 5.56. The summed E-state index contributed by atoms with van der Waals surface area (Å²) >= 11 is 5.56. The Hall–Kier alpha value is -1.63. The summed E-state index contributed by atoms with van der Waals surface area (Å²) in [4.78, 5) is 14.5. The van der Waals surface area contributed by atoms with Crippen molar-refractivity contribution in [2.75, 3.05) is 41.3 Å². The van der Waals surface area contributed by atoms with Crippen molar-refractivity contribution in [1.29, 1.82) is 0 Å². The zero-order valence-corrected chi connectivity index (χ0v) is 18.1. The van der Waals surface area contributed by atoms with Crippen LogP contribution in [0.5, 0.6) is 0 Å². The largest absolute Gasteiger partial charge is 0.360 e. The Morgan fingerprint density at radius 1 is 0.964 bits per heavy atom. The number of thiocarbonyl (C=S) groups is 1. The quantitative estimate of drug-likeness (QED) is 0.743. The van der Waals surface area contributed by atoms with Crippen molar-refractivity contribution in [2.45, 2.75) is 64.8 Å². The van der Waals surface area contributed by atoms with Gasteiger partial charge in [-0.2, -0.15) is 9.97 Å². The molecule has 0 amide bonds. The predicted molar refractivity (Wildman–Crippen MR) is 120 cm³/mol. The number of hydrogen-bond donors (Lipinski definition) is 2. The summed E-state index contributed by atoms with van der Waals surface area (Å²) in [5.41, 5.74) is 0. The first-order chi connectivity index (χ1) is 13.6. The summed E-state index contributed by atoms with van der Waals surface area (Å²) < 4.78 is 0. The molecule has 7 heteroatoms. The van der Waals surface area contributed by atoms with Crippen molar-refractivity contribution in [3.05, 3.63) is 6.07 Å². The topological polar surface area (TPSA) is 56.3 Å². The molecule has 0 radical (unpaired) electrons. The van der Waals surface area contributed by atoms with Crippen LogP contribution < -0.4 is 20.4 Å². The van der Waals surface area contributed by atoms with E-state index in [0.717, 1.165) is 37.8 Å². The van der Waals surface area contributed by atoms with Gasteiger partial charge in [0, 0.05) is 38.3 Å². The van der Waals surface area contributed by atoms with Crippen LogP contribution in [-0.2, 0) is 0 Å². The van der Waals surface area contributed by atoms with E-state index >= 15 is 0 Å². The van der Waals surface area contributed by atoms with E-state index < -0.39 is 0 Å². The fraction of sp³-hybridized carbons (Fsp3) is 0.762. The highest BCUT2D eigenvalue weighted by molar-refractivity contribution is 7.80. The van der Waals surface area contributed by atoms with Gasteiger partial charge >= 0.3 is 0 Å². The first-order valence-corrected chi connectivity index (χ1v) is 11.4. The van der Waals surface area contributed by atoms with Crippen LogP contribution in [0.3, 0.4) is 0 Å². The summed E-state index contributed by atoms with van der Waals surface area (Å²) in [6.45, 7) is 8.95. The van der Waals surface area contributed by atoms with Gasteiger partial charge in [0.2, 0.25) is 5.95 Å². The van der Waals surface area contributed by atoms with Gasteiger partial charge in [-0.05, 0) is 56.2 Å². The molecule has 6 nitrogen and oxygen atoms in total. The maximum absolute atomic E-state index is 5.56. The molecule has 0 aromatic carbocycles. The molecule has 2 saturated heterocycles. The summed E-state index contributed by atoms with van der Waals surface area (Å²) in [5.74, 6) is 4.06. The molecule has 0 bridgehead atoms. The number of piperidine rings is 1. The smallest absolute Gasteiger partial charge is 0.232 e. The molecule has 1 aliphatic carbocycles. The molecule has 1 aromatic rings. The minimum atomic E-state index is 0.491.